The van der Waals surface area contributed by atoms with Crippen molar-refractivity contribution in [1.82, 2.24) is 4.98 Å². The molecule has 27 heavy (non-hydrogen) atoms. The first kappa shape index (κ1) is 18.4. The van der Waals surface area contributed by atoms with Gasteiger partial charge in [0.15, 0.2) is 0 Å². The highest BCUT2D eigenvalue weighted by Crippen LogP contribution is 2.30. The van der Waals surface area contributed by atoms with Crippen LogP contribution < -0.4 is 5.32 Å². The number of esters is 2. The van der Waals surface area contributed by atoms with Crippen LogP contribution in [0.4, 0.5) is 11.4 Å². The quantitative estimate of drug-likeness (QED) is 0.682. The molecule has 0 aliphatic carbocycles. The molecule has 0 amide bonds. The van der Waals surface area contributed by atoms with Gasteiger partial charge in [-0.2, -0.15) is 0 Å². The highest BCUT2D eigenvalue weighted by atomic mass is 16.5. The first-order valence-corrected chi connectivity index (χ1v) is 8.55. The summed E-state index contributed by atoms with van der Waals surface area (Å²) >= 11 is 0. The Bertz CT molecular complexity index is 997. The van der Waals surface area contributed by atoms with Crippen molar-refractivity contribution in [3.63, 3.8) is 0 Å². The maximum atomic E-state index is 12.4. The number of rotatable bonds is 5. The molecule has 0 bridgehead atoms. The van der Waals surface area contributed by atoms with Crippen molar-refractivity contribution < 1.29 is 19.1 Å². The van der Waals surface area contributed by atoms with E-state index in [0.29, 0.717) is 16.8 Å². The Labute approximate surface area is 157 Å². The summed E-state index contributed by atoms with van der Waals surface area (Å²) in [5.74, 6) is -0.846. The van der Waals surface area contributed by atoms with Gasteiger partial charge in [0, 0.05) is 17.3 Å². The van der Waals surface area contributed by atoms with Gasteiger partial charge in [0.1, 0.15) is 5.56 Å². The lowest BCUT2D eigenvalue weighted by Gasteiger charge is -2.15. The zero-order valence-electron chi connectivity index (χ0n) is 15.4. The molecule has 2 aromatic carbocycles. The van der Waals surface area contributed by atoms with Crippen molar-refractivity contribution in [3.8, 4) is 0 Å². The number of aryl methyl sites for hydroxylation is 1. The average Bonchev–Trinajstić information content (AvgIpc) is 2.68. The summed E-state index contributed by atoms with van der Waals surface area (Å²) in [4.78, 5) is 28.4. The van der Waals surface area contributed by atoms with Gasteiger partial charge in [-0.25, -0.2) is 9.59 Å². The monoisotopic (exact) mass is 364 g/mol. The molecule has 0 spiro atoms. The van der Waals surface area contributed by atoms with Gasteiger partial charge in [-0.15, -0.1) is 0 Å². The van der Waals surface area contributed by atoms with Crippen LogP contribution in [0.1, 0.15) is 33.2 Å². The number of fused-ring (bicyclic) bond motifs is 1. The van der Waals surface area contributed by atoms with Crippen LogP contribution in [0, 0.1) is 6.92 Å². The first-order valence-electron chi connectivity index (χ1n) is 8.55. The van der Waals surface area contributed by atoms with Gasteiger partial charge in [-0.3, -0.25) is 4.98 Å². The summed E-state index contributed by atoms with van der Waals surface area (Å²) in [6.45, 7) is 4.01. The molecule has 1 heterocycles. The third kappa shape index (κ3) is 3.89. The standard InChI is InChI=1S/C21H20N2O4/c1-4-27-21(25)17-12-22-18-10-5-13(2)11-16(18)19(17)23-15-8-6-14(7-9-15)20(24)26-3/h5-12H,4H2,1-3H3,(H,22,23). The average molecular weight is 364 g/mol. The minimum absolute atomic E-state index is 0.276. The topological polar surface area (TPSA) is 77.5 Å². The van der Waals surface area contributed by atoms with E-state index in [1.807, 2.05) is 25.1 Å². The molecule has 0 aliphatic rings. The lowest BCUT2D eigenvalue weighted by Crippen LogP contribution is -2.09. The van der Waals surface area contributed by atoms with Crippen molar-refractivity contribution in [3.05, 3.63) is 65.4 Å². The van der Waals surface area contributed by atoms with E-state index >= 15 is 0 Å². The van der Waals surface area contributed by atoms with Gasteiger partial charge in [0.2, 0.25) is 0 Å². The van der Waals surface area contributed by atoms with Crippen LogP contribution in [0.15, 0.2) is 48.7 Å². The fourth-order valence-corrected chi connectivity index (χ4v) is 2.76. The molecule has 6 heteroatoms. The van der Waals surface area contributed by atoms with Gasteiger partial charge < -0.3 is 14.8 Å². The van der Waals surface area contributed by atoms with Crippen LogP contribution in [0.2, 0.25) is 0 Å². The van der Waals surface area contributed by atoms with Crippen molar-refractivity contribution in [2.24, 2.45) is 0 Å². The van der Waals surface area contributed by atoms with Crippen LogP contribution in [-0.2, 0) is 9.47 Å². The van der Waals surface area contributed by atoms with E-state index in [-0.39, 0.29) is 6.61 Å². The molecule has 0 fully saturated rings. The lowest BCUT2D eigenvalue weighted by molar-refractivity contribution is 0.0526. The molecule has 6 nitrogen and oxygen atoms in total. The van der Waals surface area contributed by atoms with Crippen LogP contribution in [-0.4, -0.2) is 30.6 Å². The van der Waals surface area contributed by atoms with Gasteiger partial charge in [-0.1, -0.05) is 11.6 Å². The largest absolute Gasteiger partial charge is 0.465 e. The van der Waals surface area contributed by atoms with Crippen LogP contribution in [0.25, 0.3) is 10.9 Å². The Morgan fingerprint density at radius 2 is 1.81 bits per heavy atom. The summed E-state index contributed by atoms with van der Waals surface area (Å²) in [5, 5.41) is 4.09. The summed E-state index contributed by atoms with van der Waals surface area (Å²) in [7, 11) is 1.34. The molecule has 1 aromatic heterocycles. The number of pyridine rings is 1. The molecule has 1 N–H and O–H groups in total. The highest BCUT2D eigenvalue weighted by Gasteiger charge is 2.17. The summed E-state index contributed by atoms with van der Waals surface area (Å²) in [5.41, 5.74) is 3.96. The third-order valence-electron chi connectivity index (χ3n) is 4.09. The molecule has 0 saturated carbocycles. The minimum Gasteiger partial charge on any atom is -0.465 e. The zero-order chi connectivity index (χ0) is 19.4. The zero-order valence-corrected chi connectivity index (χ0v) is 15.4. The van der Waals surface area contributed by atoms with Gasteiger partial charge >= 0.3 is 11.9 Å². The number of nitrogens with zero attached hydrogens (tertiary/aromatic N) is 1. The first-order chi connectivity index (χ1) is 13.0. The third-order valence-corrected chi connectivity index (χ3v) is 4.09. The number of carbonyl (C=O) groups excluding carboxylic acids is 2. The number of ether oxygens (including phenoxy) is 2. The number of hydrogen-bond acceptors (Lipinski definition) is 6. The van der Waals surface area contributed by atoms with Gasteiger partial charge in [-0.05, 0) is 50.2 Å². The summed E-state index contributed by atoms with van der Waals surface area (Å²) in [6, 6.07) is 12.7. The summed E-state index contributed by atoms with van der Waals surface area (Å²) in [6.07, 6.45) is 1.51. The number of methoxy groups -OCH3 is 1. The van der Waals surface area contributed by atoms with E-state index in [4.69, 9.17) is 9.47 Å². The Kier molecular flexibility index (Phi) is 5.35. The van der Waals surface area contributed by atoms with E-state index in [2.05, 4.69) is 10.3 Å². The molecule has 0 unspecified atom stereocenters. The molecule has 3 rings (SSSR count). The second-order valence-corrected chi connectivity index (χ2v) is 5.98. The minimum atomic E-state index is -0.443. The van der Waals surface area contributed by atoms with Crippen LogP contribution >= 0.6 is 0 Å². The Hall–Kier alpha value is -3.41. The summed E-state index contributed by atoms with van der Waals surface area (Å²) < 4.78 is 9.88. The smallest absolute Gasteiger partial charge is 0.341 e. The molecule has 3 aromatic rings. The Morgan fingerprint density at radius 1 is 1.07 bits per heavy atom. The van der Waals surface area contributed by atoms with E-state index in [9.17, 15) is 9.59 Å². The fraction of sp³-hybridized carbons (Fsp3) is 0.190. The number of carbonyl (C=O) groups is 2. The number of benzene rings is 2. The maximum absolute atomic E-state index is 12.4. The second-order valence-electron chi connectivity index (χ2n) is 5.98. The van der Waals surface area contributed by atoms with E-state index in [0.717, 1.165) is 22.2 Å². The second kappa shape index (κ2) is 7.86. The van der Waals surface area contributed by atoms with Crippen LogP contribution in [0.3, 0.4) is 0 Å². The molecular weight excluding hydrogens is 344 g/mol. The van der Waals surface area contributed by atoms with Crippen molar-refractivity contribution >= 4 is 34.2 Å². The van der Waals surface area contributed by atoms with Gasteiger partial charge in [0.05, 0.1) is 30.5 Å². The SMILES string of the molecule is CCOC(=O)c1cnc2ccc(C)cc2c1Nc1ccc(C(=O)OC)cc1. The predicted molar refractivity (Wildman–Crippen MR) is 104 cm³/mol. The number of hydrogen-bond donors (Lipinski definition) is 1. The Balaban J connectivity index is 2.07. The normalized spacial score (nSPS) is 10.5. The number of anilines is 2. The highest BCUT2D eigenvalue weighted by molar-refractivity contribution is 6.06. The van der Waals surface area contributed by atoms with Crippen molar-refractivity contribution in [2.75, 3.05) is 19.0 Å². The number of nitrogens with one attached hydrogen (secondary N) is 1. The van der Waals surface area contributed by atoms with Gasteiger partial charge in [0.25, 0.3) is 0 Å². The van der Waals surface area contributed by atoms with Crippen molar-refractivity contribution in [2.45, 2.75) is 13.8 Å². The van der Waals surface area contributed by atoms with Crippen LogP contribution in [0.5, 0.6) is 0 Å². The van der Waals surface area contributed by atoms with E-state index in [1.54, 1.807) is 31.2 Å². The molecule has 0 aliphatic heterocycles. The van der Waals surface area contributed by atoms with E-state index in [1.165, 1.54) is 13.3 Å². The molecular formula is C21H20N2O4. The molecule has 0 saturated heterocycles. The molecule has 0 radical (unpaired) electrons. The molecule has 138 valence electrons. The fourth-order valence-electron chi connectivity index (χ4n) is 2.76. The predicted octanol–water partition coefficient (Wildman–Crippen LogP) is 4.25. The molecule has 0 atom stereocenters. The lowest BCUT2D eigenvalue weighted by atomic mass is 10.1. The van der Waals surface area contributed by atoms with E-state index < -0.39 is 11.9 Å². The number of aromatic nitrogens is 1. The van der Waals surface area contributed by atoms with Crippen molar-refractivity contribution in [1.29, 1.82) is 0 Å². The Morgan fingerprint density at radius 3 is 2.48 bits per heavy atom. The maximum Gasteiger partial charge on any atom is 0.341 e.